The molecule has 0 atom stereocenters. The first-order chi connectivity index (χ1) is 15.3. The molecule has 2 aromatic heterocycles. The first kappa shape index (κ1) is 22.4. The molecule has 0 bridgehead atoms. The Morgan fingerprint density at radius 1 is 1.03 bits per heavy atom. The summed E-state index contributed by atoms with van der Waals surface area (Å²) in [7, 11) is -3.59. The van der Waals surface area contributed by atoms with Crippen LogP contribution < -0.4 is 15.4 Å². The number of pyridine rings is 1. The first-order valence-electron chi connectivity index (χ1n) is 10.3. The zero-order valence-corrected chi connectivity index (χ0v) is 19.3. The van der Waals surface area contributed by atoms with E-state index in [1.165, 1.54) is 0 Å². The van der Waals surface area contributed by atoms with Gasteiger partial charge >= 0.3 is 0 Å². The van der Waals surface area contributed by atoms with Crippen LogP contribution >= 0.6 is 11.6 Å². The summed E-state index contributed by atoms with van der Waals surface area (Å²) >= 11 is 6.02. The molecule has 3 aromatic rings. The van der Waals surface area contributed by atoms with Gasteiger partial charge < -0.3 is 10.6 Å². The third-order valence-corrected chi connectivity index (χ3v) is 6.29. The van der Waals surface area contributed by atoms with Crippen molar-refractivity contribution in [2.24, 2.45) is 5.92 Å². The first-order valence-corrected chi connectivity index (χ1v) is 12.2. The van der Waals surface area contributed by atoms with E-state index < -0.39 is 10.0 Å². The largest absolute Gasteiger partial charge is 0.352 e. The third-order valence-electron chi connectivity index (χ3n) is 4.66. The minimum absolute atomic E-state index is 0.0939. The van der Waals surface area contributed by atoms with Gasteiger partial charge in [-0.1, -0.05) is 23.7 Å². The van der Waals surface area contributed by atoms with Crippen LogP contribution in [0.25, 0.3) is 11.5 Å². The number of nitrogens with one attached hydrogen (secondary N) is 3. The lowest BCUT2D eigenvalue weighted by Gasteiger charge is -2.13. The Kier molecular flexibility index (Phi) is 6.54. The Bertz CT molecular complexity index is 1220. The van der Waals surface area contributed by atoms with Crippen molar-refractivity contribution in [1.29, 1.82) is 0 Å². The smallest absolute Gasteiger partial charge is 0.240 e. The van der Waals surface area contributed by atoms with Gasteiger partial charge in [0, 0.05) is 18.3 Å². The summed E-state index contributed by atoms with van der Waals surface area (Å²) in [4.78, 5) is 17.7. The van der Waals surface area contributed by atoms with Gasteiger partial charge in [0.05, 0.1) is 4.90 Å². The highest BCUT2D eigenvalue weighted by Crippen LogP contribution is 2.28. The van der Waals surface area contributed by atoms with Crippen LogP contribution in [0.15, 0.2) is 47.4 Å². The molecule has 0 spiro atoms. The quantitative estimate of drug-likeness (QED) is 0.401. The lowest BCUT2D eigenvalue weighted by molar-refractivity contribution is 0.577. The highest BCUT2D eigenvalue weighted by Gasteiger charge is 2.24. The molecule has 0 unspecified atom stereocenters. The van der Waals surface area contributed by atoms with Gasteiger partial charge in [0.1, 0.15) is 10.8 Å². The van der Waals surface area contributed by atoms with Crippen molar-refractivity contribution >= 4 is 39.2 Å². The summed E-state index contributed by atoms with van der Waals surface area (Å²) in [5, 5.41) is 6.56. The van der Waals surface area contributed by atoms with Crippen LogP contribution in [-0.4, -0.2) is 40.9 Å². The van der Waals surface area contributed by atoms with E-state index in [1.54, 1.807) is 42.5 Å². The van der Waals surface area contributed by atoms with Gasteiger partial charge in [0.15, 0.2) is 5.82 Å². The second-order valence-electron chi connectivity index (χ2n) is 7.90. The van der Waals surface area contributed by atoms with Crippen LogP contribution in [0, 0.1) is 5.92 Å². The summed E-state index contributed by atoms with van der Waals surface area (Å²) in [6.45, 7) is 4.40. The highest BCUT2D eigenvalue weighted by molar-refractivity contribution is 7.89. The maximum absolute atomic E-state index is 12.6. The number of nitrogens with zero attached hydrogens (tertiary/aromatic N) is 4. The molecule has 0 saturated heterocycles. The minimum Gasteiger partial charge on any atom is -0.352 e. The van der Waals surface area contributed by atoms with Crippen molar-refractivity contribution in [2.75, 3.05) is 17.2 Å². The molecule has 4 rings (SSSR count). The van der Waals surface area contributed by atoms with E-state index in [-0.39, 0.29) is 16.9 Å². The average molecular weight is 474 g/mol. The predicted octanol–water partition coefficient (Wildman–Crippen LogP) is 3.84. The molecule has 1 aliphatic rings. The number of rotatable bonds is 9. The standard InChI is InChI=1S/C21H24ClN7O2S/c1-13(2)24-20-27-19(17-7-4-8-18(22)26-17)28-21(29-20)25-15-5-3-6-16(11-15)32(30,31)23-12-14-9-10-14/h3-8,11,13-14,23H,9-10,12H2,1-2H3,(H2,24,25,27,28,29). The van der Waals surface area contributed by atoms with Crippen LogP contribution in [0.4, 0.5) is 17.6 Å². The second kappa shape index (κ2) is 9.35. The minimum atomic E-state index is -3.59. The molecule has 0 aliphatic heterocycles. The van der Waals surface area contributed by atoms with Crippen LogP contribution in [0.1, 0.15) is 26.7 Å². The molecular formula is C21H24ClN7O2S. The Labute approximate surface area is 192 Å². The molecule has 32 heavy (non-hydrogen) atoms. The van der Waals surface area contributed by atoms with Crippen LogP contribution in [0.3, 0.4) is 0 Å². The molecular weight excluding hydrogens is 450 g/mol. The van der Waals surface area contributed by atoms with E-state index in [4.69, 9.17) is 11.6 Å². The zero-order valence-electron chi connectivity index (χ0n) is 17.7. The molecule has 1 aromatic carbocycles. The fourth-order valence-corrected chi connectivity index (χ4v) is 4.23. The van der Waals surface area contributed by atoms with Crippen LogP contribution in [0.2, 0.25) is 5.15 Å². The van der Waals surface area contributed by atoms with Gasteiger partial charge in [0.2, 0.25) is 21.9 Å². The maximum Gasteiger partial charge on any atom is 0.240 e. The number of halogens is 1. The number of benzene rings is 1. The summed E-state index contributed by atoms with van der Waals surface area (Å²) in [5.41, 5.74) is 1.03. The lowest BCUT2D eigenvalue weighted by atomic mass is 10.3. The summed E-state index contributed by atoms with van der Waals surface area (Å²) in [6.07, 6.45) is 2.14. The molecule has 2 heterocycles. The molecule has 168 valence electrons. The van der Waals surface area contributed by atoms with Crippen molar-refractivity contribution in [3.63, 3.8) is 0 Å². The zero-order chi connectivity index (χ0) is 22.7. The number of hydrogen-bond acceptors (Lipinski definition) is 8. The molecule has 9 nitrogen and oxygen atoms in total. The van der Waals surface area contributed by atoms with Gasteiger partial charge in [-0.3, -0.25) is 0 Å². The molecule has 1 aliphatic carbocycles. The van der Waals surface area contributed by atoms with Crippen molar-refractivity contribution in [3.8, 4) is 11.5 Å². The maximum atomic E-state index is 12.6. The lowest BCUT2D eigenvalue weighted by Crippen LogP contribution is -2.25. The average Bonchev–Trinajstić information content (AvgIpc) is 3.57. The van der Waals surface area contributed by atoms with Crippen molar-refractivity contribution in [3.05, 3.63) is 47.6 Å². The molecule has 0 amide bonds. The summed E-state index contributed by atoms with van der Waals surface area (Å²) in [5.74, 6) is 1.40. The molecule has 11 heteroatoms. The number of sulfonamides is 1. The highest BCUT2D eigenvalue weighted by atomic mass is 35.5. The van der Waals surface area contributed by atoms with E-state index in [2.05, 4.69) is 35.3 Å². The summed E-state index contributed by atoms with van der Waals surface area (Å²) in [6, 6.07) is 11.8. The van der Waals surface area contributed by atoms with E-state index in [0.29, 0.717) is 40.8 Å². The van der Waals surface area contributed by atoms with Gasteiger partial charge in [-0.2, -0.15) is 15.0 Å². The normalized spacial score (nSPS) is 13.9. The van der Waals surface area contributed by atoms with Crippen molar-refractivity contribution in [2.45, 2.75) is 37.6 Å². The topological polar surface area (TPSA) is 122 Å². The van der Waals surface area contributed by atoms with Crippen molar-refractivity contribution < 1.29 is 8.42 Å². The molecule has 3 N–H and O–H groups in total. The molecule has 0 radical (unpaired) electrons. The Morgan fingerprint density at radius 3 is 2.50 bits per heavy atom. The van der Waals surface area contributed by atoms with E-state index in [0.717, 1.165) is 12.8 Å². The van der Waals surface area contributed by atoms with Gasteiger partial charge in [0.25, 0.3) is 0 Å². The third kappa shape index (κ3) is 5.90. The van der Waals surface area contributed by atoms with E-state index in [9.17, 15) is 8.42 Å². The number of aromatic nitrogens is 4. The number of hydrogen-bond donors (Lipinski definition) is 3. The Morgan fingerprint density at radius 2 is 1.78 bits per heavy atom. The van der Waals surface area contributed by atoms with Gasteiger partial charge in [-0.05, 0) is 62.9 Å². The Balaban J connectivity index is 1.62. The van der Waals surface area contributed by atoms with Crippen LogP contribution in [-0.2, 0) is 10.0 Å². The molecule has 1 saturated carbocycles. The second-order valence-corrected chi connectivity index (χ2v) is 10.1. The van der Waals surface area contributed by atoms with E-state index >= 15 is 0 Å². The van der Waals surface area contributed by atoms with E-state index in [1.807, 2.05) is 13.8 Å². The molecule has 1 fully saturated rings. The Hall–Kier alpha value is -2.82. The van der Waals surface area contributed by atoms with Gasteiger partial charge in [-0.25, -0.2) is 18.1 Å². The fraction of sp³-hybridized carbons (Fsp3) is 0.333. The van der Waals surface area contributed by atoms with Crippen molar-refractivity contribution in [1.82, 2.24) is 24.7 Å². The fourth-order valence-electron chi connectivity index (χ4n) is 2.90. The SMILES string of the molecule is CC(C)Nc1nc(Nc2cccc(S(=O)(=O)NCC3CC3)c2)nc(-c2cccc(Cl)n2)n1. The summed E-state index contributed by atoms with van der Waals surface area (Å²) < 4.78 is 27.9. The van der Waals surface area contributed by atoms with Gasteiger partial charge in [-0.15, -0.1) is 0 Å². The monoisotopic (exact) mass is 473 g/mol. The van der Waals surface area contributed by atoms with Crippen LogP contribution in [0.5, 0.6) is 0 Å². The number of anilines is 3. The predicted molar refractivity (Wildman–Crippen MR) is 124 cm³/mol.